The zero-order valence-corrected chi connectivity index (χ0v) is 15.8. The van der Waals surface area contributed by atoms with E-state index in [2.05, 4.69) is 4.90 Å². The van der Waals surface area contributed by atoms with Gasteiger partial charge in [-0.15, -0.1) is 0 Å². The maximum atomic E-state index is 13.1. The summed E-state index contributed by atoms with van der Waals surface area (Å²) in [6.45, 7) is 2.00. The number of likely N-dealkylation sites (tertiary alicyclic amines) is 1. The second kappa shape index (κ2) is 7.71. The van der Waals surface area contributed by atoms with Crippen LogP contribution in [0.4, 0.5) is 4.39 Å². The van der Waals surface area contributed by atoms with Crippen LogP contribution in [-0.2, 0) is 13.1 Å². The Hall–Kier alpha value is -3.13. The molecule has 8 heteroatoms. The van der Waals surface area contributed by atoms with Gasteiger partial charge < -0.3 is 14.8 Å². The fourth-order valence-corrected chi connectivity index (χ4v) is 3.81. The Morgan fingerprint density at radius 3 is 2.24 bits per heavy atom. The second-order valence-electron chi connectivity index (χ2n) is 7.39. The van der Waals surface area contributed by atoms with E-state index in [4.69, 9.17) is 0 Å². The van der Waals surface area contributed by atoms with Crippen LogP contribution in [0.3, 0.4) is 0 Å². The Labute approximate surface area is 165 Å². The first kappa shape index (κ1) is 19.2. The molecule has 3 aromatic rings. The van der Waals surface area contributed by atoms with Gasteiger partial charge in [0, 0.05) is 18.9 Å². The molecule has 0 aliphatic carbocycles. The molecule has 1 fully saturated rings. The predicted octanol–water partition coefficient (Wildman–Crippen LogP) is 2.05. The van der Waals surface area contributed by atoms with E-state index in [0.717, 1.165) is 36.8 Å². The minimum Gasteiger partial charge on any atom is -0.504 e. The highest BCUT2D eigenvalue weighted by molar-refractivity contribution is 5.65. The Morgan fingerprint density at radius 2 is 1.55 bits per heavy atom. The topological polar surface area (TPSA) is 87.2 Å². The van der Waals surface area contributed by atoms with Crippen molar-refractivity contribution in [2.75, 3.05) is 13.1 Å². The van der Waals surface area contributed by atoms with Gasteiger partial charge in [0.05, 0.1) is 12.1 Å². The van der Waals surface area contributed by atoms with Gasteiger partial charge in [-0.3, -0.25) is 18.9 Å². The van der Waals surface area contributed by atoms with Crippen LogP contribution in [0.5, 0.6) is 11.5 Å². The standard InChI is InChI=1S/C21H22FN3O4/c22-15-6-4-14(5-7-15)12-24-10-11-25-17(21(24)29)19(27)18(26)16(20(25)28)13-23-8-2-1-3-9-23/h4-7,10-11,26-27H,1-3,8-9,12-13H2. The molecule has 1 aliphatic heterocycles. The van der Waals surface area contributed by atoms with Gasteiger partial charge in [-0.1, -0.05) is 18.6 Å². The lowest BCUT2D eigenvalue weighted by molar-refractivity contribution is 0.217. The van der Waals surface area contributed by atoms with Gasteiger partial charge in [0.25, 0.3) is 11.1 Å². The number of hydrogen-bond acceptors (Lipinski definition) is 5. The lowest BCUT2D eigenvalue weighted by Crippen LogP contribution is -2.34. The number of fused-ring (bicyclic) bond motifs is 1. The summed E-state index contributed by atoms with van der Waals surface area (Å²) in [6.07, 6.45) is 6.03. The van der Waals surface area contributed by atoms with Gasteiger partial charge in [-0.05, 0) is 43.6 Å². The van der Waals surface area contributed by atoms with Gasteiger partial charge in [-0.25, -0.2) is 4.39 Å². The van der Waals surface area contributed by atoms with E-state index in [0.29, 0.717) is 5.56 Å². The lowest BCUT2D eigenvalue weighted by atomic mass is 10.1. The highest BCUT2D eigenvalue weighted by atomic mass is 19.1. The molecule has 2 aromatic heterocycles. The zero-order valence-electron chi connectivity index (χ0n) is 15.8. The van der Waals surface area contributed by atoms with E-state index in [1.165, 1.54) is 29.1 Å². The van der Waals surface area contributed by atoms with Crippen LogP contribution in [0.2, 0.25) is 0 Å². The maximum absolute atomic E-state index is 13.1. The van der Waals surface area contributed by atoms with Crippen molar-refractivity contribution in [3.05, 3.63) is 74.3 Å². The zero-order chi connectivity index (χ0) is 20.5. The van der Waals surface area contributed by atoms with E-state index in [-0.39, 0.29) is 30.0 Å². The summed E-state index contributed by atoms with van der Waals surface area (Å²) in [5, 5.41) is 21.0. The molecule has 0 amide bonds. The monoisotopic (exact) mass is 399 g/mol. The van der Waals surface area contributed by atoms with Crippen LogP contribution >= 0.6 is 0 Å². The quantitative estimate of drug-likeness (QED) is 0.701. The number of rotatable bonds is 4. The van der Waals surface area contributed by atoms with Gasteiger partial charge in [-0.2, -0.15) is 0 Å². The molecule has 1 aliphatic rings. The van der Waals surface area contributed by atoms with E-state index in [1.54, 1.807) is 12.1 Å². The highest BCUT2D eigenvalue weighted by Gasteiger charge is 2.22. The third-order valence-electron chi connectivity index (χ3n) is 5.41. The molecule has 0 unspecified atom stereocenters. The minimum atomic E-state index is -0.619. The molecule has 7 nitrogen and oxygen atoms in total. The summed E-state index contributed by atoms with van der Waals surface area (Å²) >= 11 is 0. The van der Waals surface area contributed by atoms with Crippen molar-refractivity contribution in [3.8, 4) is 11.5 Å². The molecular weight excluding hydrogens is 377 g/mol. The van der Waals surface area contributed by atoms with Crippen LogP contribution in [0.15, 0.2) is 46.2 Å². The highest BCUT2D eigenvalue weighted by Crippen LogP contribution is 2.30. The van der Waals surface area contributed by atoms with Crippen molar-refractivity contribution in [1.29, 1.82) is 0 Å². The largest absolute Gasteiger partial charge is 0.504 e. The Morgan fingerprint density at radius 1 is 0.862 bits per heavy atom. The van der Waals surface area contributed by atoms with Crippen LogP contribution in [0, 0.1) is 5.82 Å². The van der Waals surface area contributed by atoms with Crippen molar-refractivity contribution in [1.82, 2.24) is 13.9 Å². The Bertz CT molecular complexity index is 1160. The number of hydrogen-bond donors (Lipinski definition) is 2. The summed E-state index contributed by atoms with van der Waals surface area (Å²) in [5.41, 5.74) is -0.652. The molecule has 0 atom stereocenters. The van der Waals surface area contributed by atoms with Gasteiger partial charge in [0.2, 0.25) is 0 Å². The SMILES string of the molecule is O=c1c2c(O)c(O)c(CN3CCCCC3)c(=O)n2ccn1Cc1ccc(F)cc1. The summed E-state index contributed by atoms with van der Waals surface area (Å²) in [7, 11) is 0. The first-order valence-electron chi connectivity index (χ1n) is 9.61. The van der Waals surface area contributed by atoms with Crippen molar-refractivity contribution in [2.45, 2.75) is 32.4 Å². The normalized spacial score (nSPS) is 15.1. The molecule has 1 saturated heterocycles. The number of pyridine rings is 1. The number of benzene rings is 1. The van der Waals surface area contributed by atoms with Gasteiger partial charge >= 0.3 is 0 Å². The first-order chi connectivity index (χ1) is 14.0. The minimum absolute atomic E-state index is 0.0811. The van der Waals surface area contributed by atoms with Gasteiger partial charge in [0.1, 0.15) is 5.82 Å². The molecule has 4 rings (SSSR count). The molecule has 29 heavy (non-hydrogen) atoms. The summed E-state index contributed by atoms with van der Waals surface area (Å²) in [5.74, 6) is -1.53. The van der Waals surface area contributed by atoms with Crippen molar-refractivity contribution >= 4 is 5.52 Å². The Kier molecular flexibility index (Phi) is 5.10. The van der Waals surface area contributed by atoms with E-state index >= 15 is 0 Å². The first-order valence-corrected chi connectivity index (χ1v) is 9.61. The molecule has 1 aromatic carbocycles. The second-order valence-corrected chi connectivity index (χ2v) is 7.39. The average Bonchev–Trinajstić information content (AvgIpc) is 2.73. The van der Waals surface area contributed by atoms with E-state index in [1.807, 2.05) is 0 Å². The molecule has 152 valence electrons. The fraction of sp³-hybridized carbons (Fsp3) is 0.333. The van der Waals surface area contributed by atoms with Gasteiger partial charge in [0.15, 0.2) is 17.0 Å². The molecule has 3 heterocycles. The molecular formula is C21H22FN3O4. The molecule has 0 radical (unpaired) electrons. The lowest BCUT2D eigenvalue weighted by Gasteiger charge is -2.26. The molecule has 0 saturated carbocycles. The van der Waals surface area contributed by atoms with Crippen LogP contribution < -0.4 is 11.1 Å². The number of piperidine rings is 1. The third-order valence-corrected chi connectivity index (χ3v) is 5.41. The predicted molar refractivity (Wildman–Crippen MR) is 106 cm³/mol. The summed E-state index contributed by atoms with van der Waals surface area (Å²) in [6, 6.07) is 5.69. The van der Waals surface area contributed by atoms with Crippen LogP contribution in [0.25, 0.3) is 5.52 Å². The van der Waals surface area contributed by atoms with Crippen LogP contribution in [0.1, 0.15) is 30.4 Å². The summed E-state index contributed by atoms with van der Waals surface area (Å²) < 4.78 is 15.5. The summed E-state index contributed by atoms with van der Waals surface area (Å²) in [4.78, 5) is 27.8. The number of halogens is 1. The van der Waals surface area contributed by atoms with Crippen LogP contribution in [-0.4, -0.2) is 37.2 Å². The van der Waals surface area contributed by atoms with E-state index in [9.17, 15) is 24.2 Å². The number of aromatic hydroxyl groups is 2. The fourth-order valence-electron chi connectivity index (χ4n) is 3.81. The molecule has 0 spiro atoms. The Balaban J connectivity index is 1.77. The third kappa shape index (κ3) is 3.63. The van der Waals surface area contributed by atoms with Crippen molar-refractivity contribution in [3.63, 3.8) is 0 Å². The maximum Gasteiger partial charge on any atom is 0.279 e. The average molecular weight is 399 g/mol. The number of aromatic nitrogens is 2. The van der Waals surface area contributed by atoms with Crippen molar-refractivity contribution in [2.24, 2.45) is 0 Å². The molecule has 2 N–H and O–H groups in total. The molecule has 0 bridgehead atoms. The van der Waals surface area contributed by atoms with Crippen molar-refractivity contribution < 1.29 is 14.6 Å². The smallest absolute Gasteiger partial charge is 0.279 e. The number of nitrogens with zero attached hydrogens (tertiary/aromatic N) is 3. The van der Waals surface area contributed by atoms with E-state index < -0.39 is 22.6 Å².